The Balaban J connectivity index is 1.49. The van der Waals surface area contributed by atoms with E-state index in [9.17, 15) is 4.79 Å². The molecule has 3 aromatic rings. The van der Waals surface area contributed by atoms with Crippen molar-refractivity contribution in [1.82, 2.24) is 5.32 Å². The van der Waals surface area contributed by atoms with E-state index in [4.69, 9.17) is 10.2 Å². The van der Waals surface area contributed by atoms with Crippen LogP contribution < -0.4 is 21.3 Å². The van der Waals surface area contributed by atoms with E-state index in [1.165, 1.54) is 0 Å². The van der Waals surface area contributed by atoms with Gasteiger partial charge in [0.2, 0.25) is 0 Å². The Hall–Kier alpha value is -3.25. The molecular formula is C21H22N4O2. The fourth-order valence-electron chi connectivity index (χ4n) is 3.21. The summed E-state index contributed by atoms with van der Waals surface area (Å²) in [4.78, 5) is 15.0. The zero-order chi connectivity index (χ0) is 18.6. The summed E-state index contributed by atoms with van der Waals surface area (Å²) in [6.07, 6.45) is 3.27. The van der Waals surface area contributed by atoms with Gasteiger partial charge in [0, 0.05) is 43.0 Å². The molecule has 0 aliphatic carbocycles. The molecule has 0 saturated carbocycles. The summed E-state index contributed by atoms with van der Waals surface area (Å²) < 4.78 is 5.12. The summed E-state index contributed by atoms with van der Waals surface area (Å²) in [5, 5.41) is 6.25. The molecule has 138 valence electrons. The first-order chi connectivity index (χ1) is 13.2. The SMILES string of the molecule is Nc1ccc(-c2ccoc2)cc1NC(=O)c1ccc(N2CCNCC2)cc1. The molecule has 27 heavy (non-hydrogen) atoms. The fraction of sp³-hybridized carbons (Fsp3) is 0.190. The number of rotatable bonds is 4. The predicted molar refractivity (Wildman–Crippen MR) is 108 cm³/mol. The van der Waals surface area contributed by atoms with Gasteiger partial charge in [-0.2, -0.15) is 0 Å². The molecule has 6 nitrogen and oxygen atoms in total. The highest BCUT2D eigenvalue weighted by molar-refractivity contribution is 6.06. The molecule has 0 unspecified atom stereocenters. The minimum Gasteiger partial charge on any atom is -0.472 e. The van der Waals surface area contributed by atoms with Crippen molar-refractivity contribution in [2.45, 2.75) is 0 Å². The number of carbonyl (C=O) groups is 1. The molecule has 4 rings (SSSR count). The molecule has 1 amide bonds. The zero-order valence-electron chi connectivity index (χ0n) is 14.9. The van der Waals surface area contributed by atoms with E-state index >= 15 is 0 Å². The number of piperazine rings is 1. The van der Waals surface area contributed by atoms with Gasteiger partial charge in [-0.05, 0) is 48.0 Å². The van der Waals surface area contributed by atoms with Crippen LogP contribution in [0.1, 0.15) is 10.4 Å². The molecule has 1 aliphatic rings. The van der Waals surface area contributed by atoms with Crippen LogP contribution in [0.4, 0.5) is 17.1 Å². The van der Waals surface area contributed by atoms with Crippen molar-refractivity contribution in [1.29, 1.82) is 0 Å². The molecule has 4 N–H and O–H groups in total. The number of amides is 1. The van der Waals surface area contributed by atoms with E-state index in [2.05, 4.69) is 15.5 Å². The molecule has 2 heterocycles. The van der Waals surface area contributed by atoms with Crippen molar-refractivity contribution in [3.63, 3.8) is 0 Å². The normalized spacial score (nSPS) is 14.1. The van der Waals surface area contributed by atoms with Crippen LogP contribution in [0, 0.1) is 0 Å². The van der Waals surface area contributed by atoms with Gasteiger partial charge < -0.3 is 25.7 Å². The minimum absolute atomic E-state index is 0.182. The maximum atomic E-state index is 12.6. The zero-order valence-corrected chi connectivity index (χ0v) is 14.9. The maximum Gasteiger partial charge on any atom is 0.255 e. The summed E-state index contributed by atoms with van der Waals surface area (Å²) in [6.45, 7) is 3.91. The molecule has 1 fully saturated rings. The van der Waals surface area contributed by atoms with Crippen LogP contribution in [0.5, 0.6) is 0 Å². The van der Waals surface area contributed by atoms with Crippen LogP contribution >= 0.6 is 0 Å². The lowest BCUT2D eigenvalue weighted by Gasteiger charge is -2.29. The van der Waals surface area contributed by atoms with Crippen LogP contribution in [0.3, 0.4) is 0 Å². The van der Waals surface area contributed by atoms with Crippen molar-refractivity contribution in [3.8, 4) is 11.1 Å². The van der Waals surface area contributed by atoms with Crippen molar-refractivity contribution in [2.24, 2.45) is 0 Å². The molecule has 6 heteroatoms. The first-order valence-electron chi connectivity index (χ1n) is 9.00. The van der Waals surface area contributed by atoms with Crippen molar-refractivity contribution in [2.75, 3.05) is 42.1 Å². The molecule has 0 spiro atoms. The van der Waals surface area contributed by atoms with Crippen LogP contribution in [0.25, 0.3) is 11.1 Å². The maximum absolute atomic E-state index is 12.6. The first-order valence-corrected chi connectivity index (χ1v) is 9.00. The molecule has 0 radical (unpaired) electrons. The third-order valence-electron chi connectivity index (χ3n) is 4.77. The Kier molecular flexibility index (Phi) is 4.80. The van der Waals surface area contributed by atoms with Gasteiger partial charge in [0.15, 0.2) is 0 Å². The number of nitrogens with one attached hydrogen (secondary N) is 2. The van der Waals surface area contributed by atoms with Gasteiger partial charge in [-0.15, -0.1) is 0 Å². The van der Waals surface area contributed by atoms with Gasteiger partial charge in [0.05, 0.1) is 23.9 Å². The Labute approximate surface area is 158 Å². The third-order valence-corrected chi connectivity index (χ3v) is 4.77. The summed E-state index contributed by atoms with van der Waals surface area (Å²) in [5.41, 5.74) is 10.8. The summed E-state index contributed by atoms with van der Waals surface area (Å²) >= 11 is 0. The van der Waals surface area contributed by atoms with Gasteiger partial charge in [-0.1, -0.05) is 6.07 Å². The molecule has 0 atom stereocenters. The Morgan fingerprint density at radius 1 is 1.04 bits per heavy atom. The predicted octanol–water partition coefficient (Wildman–Crippen LogP) is 3.19. The number of nitrogens with zero attached hydrogens (tertiary/aromatic N) is 1. The topological polar surface area (TPSA) is 83.5 Å². The summed E-state index contributed by atoms with van der Waals surface area (Å²) in [7, 11) is 0. The number of nitrogen functional groups attached to an aromatic ring is 1. The van der Waals surface area contributed by atoms with Gasteiger partial charge in [0.25, 0.3) is 5.91 Å². The van der Waals surface area contributed by atoms with Gasteiger partial charge in [-0.25, -0.2) is 0 Å². The Bertz CT molecular complexity index is 914. The van der Waals surface area contributed by atoms with Crippen LogP contribution in [-0.4, -0.2) is 32.1 Å². The van der Waals surface area contributed by atoms with Crippen LogP contribution in [0.15, 0.2) is 65.5 Å². The first kappa shape index (κ1) is 17.2. The highest BCUT2D eigenvalue weighted by Crippen LogP contribution is 2.28. The second-order valence-corrected chi connectivity index (χ2v) is 6.55. The van der Waals surface area contributed by atoms with Crippen LogP contribution in [0.2, 0.25) is 0 Å². The average Bonchev–Trinajstić information content (AvgIpc) is 3.25. The lowest BCUT2D eigenvalue weighted by Crippen LogP contribution is -2.43. The van der Waals surface area contributed by atoms with E-state index in [1.54, 1.807) is 18.6 Å². The van der Waals surface area contributed by atoms with E-state index in [-0.39, 0.29) is 5.91 Å². The number of anilines is 3. The number of furan rings is 1. The average molecular weight is 362 g/mol. The molecule has 1 aromatic heterocycles. The molecule has 0 bridgehead atoms. The monoisotopic (exact) mass is 362 g/mol. The Morgan fingerprint density at radius 2 is 1.81 bits per heavy atom. The smallest absolute Gasteiger partial charge is 0.255 e. The lowest BCUT2D eigenvalue weighted by atomic mass is 10.1. The Morgan fingerprint density at radius 3 is 2.52 bits per heavy atom. The molecule has 1 aliphatic heterocycles. The number of hydrogen-bond acceptors (Lipinski definition) is 5. The minimum atomic E-state index is -0.182. The van der Waals surface area contributed by atoms with E-state index in [0.29, 0.717) is 16.9 Å². The summed E-state index contributed by atoms with van der Waals surface area (Å²) in [5.74, 6) is -0.182. The van der Waals surface area contributed by atoms with Crippen molar-refractivity contribution in [3.05, 3.63) is 66.6 Å². The van der Waals surface area contributed by atoms with E-state index < -0.39 is 0 Å². The second-order valence-electron chi connectivity index (χ2n) is 6.55. The van der Waals surface area contributed by atoms with Gasteiger partial charge in [-0.3, -0.25) is 4.79 Å². The largest absolute Gasteiger partial charge is 0.472 e. The number of benzene rings is 2. The van der Waals surface area contributed by atoms with Crippen LogP contribution in [-0.2, 0) is 0 Å². The van der Waals surface area contributed by atoms with Gasteiger partial charge in [0.1, 0.15) is 0 Å². The van der Waals surface area contributed by atoms with Crippen molar-refractivity contribution >= 4 is 23.0 Å². The third kappa shape index (κ3) is 3.80. The van der Waals surface area contributed by atoms with E-state index in [1.807, 2.05) is 42.5 Å². The second kappa shape index (κ2) is 7.55. The number of nitrogens with two attached hydrogens (primary N) is 1. The number of carbonyl (C=O) groups excluding carboxylic acids is 1. The highest BCUT2D eigenvalue weighted by Gasteiger charge is 2.13. The van der Waals surface area contributed by atoms with Gasteiger partial charge >= 0.3 is 0 Å². The van der Waals surface area contributed by atoms with E-state index in [0.717, 1.165) is 43.0 Å². The summed E-state index contributed by atoms with van der Waals surface area (Å²) in [6, 6.07) is 15.1. The molecular weight excluding hydrogens is 340 g/mol. The van der Waals surface area contributed by atoms with Crippen molar-refractivity contribution < 1.29 is 9.21 Å². The fourth-order valence-corrected chi connectivity index (χ4v) is 3.21. The standard InChI is InChI=1S/C21H22N4O2/c22-19-6-3-16(17-7-12-27-14-17)13-20(19)24-21(26)15-1-4-18(5-2-15)25-10-8-23-9-11-25/h1-7,12-14,23H,8-11,22H2,(H,24,26). The lowest BCUT2D eigenvalue weighted by molar-refractivity contribution is 0.102. The highest BCUT2D eigenvalue weighted by atomic mass is 16.3. The quantitative estimate of drug-likeness (QED) is 0.621. The molecule has 1 saturated heterocycles. The number of hydrogen-bond donors (Lipinski definition) is 3. The molecule has 2 aromatic carbocycles.